The number of benzene rings is 1. The fraction of sp³-hybridized carbons (Fsp3) is 0.438. The summed E-state index contributed by atoms with van der Waals surface area (Å²) >= 11 is 9.11. The number of hydrogen-bond donors (Lipinski definition) is 2. The highest BCUT2D eigenvalue weighted by atomic mass is 32.1. The van der Waals surface area contributed by atoms with Gasteiger partial charge in [0.25, 0.3) is 10.3 Å². The van der Waals surface area contributed by atoms with Crippen molar-refractivity contribution >= 4 is 40.6 Å². The molecule has 0 spiro atoms. The van der Waals surface area contributed by atoms with Crippen molar-refractivity contribution in [2.75, 3.05) is 13.1 Å². The molecule has 128 valence electrons. The van der Waals surface area contributed by atoms with Gasteiger partial charge in [-0.1, -0.05) is 30.3 Å². The van der Waals surface area contributed by atoms with Gasteiger partial charge in [0.1, 0.15) is 0 Å². The number of rotatable bonds is 6. The van der Waals surface area contributed by atoms with Crippen LogP contribution in [0, 0.1) is 0 Å². The van der Waals surface area contributed by atoms with E-state index in [-0.39, 0.29) is 5.78 Å². The maximum Gasteiger partial charge on any atom is 0.260 e. The first-order valence-electron chi connectivity index (χ1n) is 7.30. The van der Waals surface area contributed by atoms with Gasteiger partial charge in [0.05, 0.1) is 0 Å². The number of aliphatic hydroxyl groups excluding tert-OH is 1. The van der Waals surface area contributed by atoms with Crippen LogP contribution in [0.25, 0.3) is 0 Å². The Morgan fingerprint density at radius 1 is 1.26 bits per heavy atom. The number of nitrogens with zero attached hydrogens (tertiary/aromatic N) is 1. The summed E-state index contributed by atoms with van der Waals surface area (Å²) < 4.78 is 5.67. The molecule has 0 aliphatic carbocycles. The van der Waals surface area contributed by atoms with Crippen LogP contribution in [0.3, 0.4) is 0 Å². The van der Waals surface area contributed by atoms with E-state index < -0.39 is 11.3 Å². The molecule has 0 amide bonds. The van der Waals surface area contributed by atoms with E-state index in [0.717, 1.165) is 18.7 Å². The van der Waals surface area contributed by atoms with E-state index >= 15 is 0 Å². The van der Waals surface area contributed by atoms with Crippen molar-refractivity contribution < 1.29 is 14.6 Å². The number of hydrogen-bond acceptors (Lipinski definition) is 4. The van der Waals surface area contributed by atoms with E-state index in [4.69, 9.17) is 22.1 Å². The second-order valence-corrected chi connectivity index (χ2v) is 5.45. The number of nitrogens with two attached hydrogens (primary N) is 1. The van der Waals surface area contributed by atoms with Crippen LogP contribution in [0.15, 0.2) is 30.3 Å². The minimum Gasteiger partial charge on any atom is -0.487 e. The molecule has 0 bridgehead atoms. The number of ketones is 1. The summed E-state index contributed by atoms with van der Waals surface area (Å²) in [6.07, 6.45) is 0.0490. The van der Waals surface area contributed by atoms with Crippen molar-refractivity contribution in [3.05, 3.63) is 35.9 Å². The predicted molar refractivity (Wildman–Crippen MR) is 101 cm³/mol. The third-order valence-corrected chi connectivity index (χ3v) is 3.34. The number of aliphatic hydroxyl groups is 1. The highest BCUT2D eigenvalue weighted by molar-refractivity contribution is 7.80. The van der Waals surface area contributed by atoms with Gasteiger partial charge in [0.2, 0.25) is 0 Å². The molecule has 7 heteroatoms. The summed E-state index contributed by atoms with van der Waals surface area (Å²) in [7, 11) is 0. The van der Waals surface area contributed by atoms with Gasteiger partial charge in [-0.15, -0.1) is 0 Å². The largest absolute Gasteiger partial charge is 0.487 e. The molecule has 0 aromatic heterocycles. The molecule has 1 unspecified atom stereocenters. The smallest absolute Gasteiger partial charge is 0.260 e. The van der Waals surface area contributed by atoms with Crippen LogP contribution in [0.4, 0.5) is 0 Å². The first-order chi connectivity index (χ1) is 10.8. The molecule has 1 atom stereocenters. The van der Waals surface area contributed by atoms with E-state index in [2.05, 4.69) is 18.0 Å². The average molecular weight is 357 g/mol. The van der Waals surface area contributed by atoms with Crippen molar-refractivity contribution in [1.29, 1.82) is 0 Å². The molecule has 1 aromatic carbocycles. The van der Waals surface area contributed by atoms with Gasteiger partial charge in [0.15, 0.2) is 11.9 Å². The number of ether oxygens (including phenoxy) is 1. The highest BCUT2D eigenvalue weighted by Crippen LogP contribution is 2.09. The molecule has 0 radical (unpaired) electrons. The average Bonchev–Trinajstić information content (AvgIpc) is 2.48. The van der Waals surface area contributed by atoms with E-state index in [9.17, 15) is 4.79 Å². The summed E-state index contributed by atoms with van der Waals surface area (Å²) in [5.74, 6) is -0.00152. The predicted octanol–water partition coefficient (Wildman–Crippen LogP) is 2.62. The van der Waals surface area contributed by atoms with Crippen LogP contribution in [-0.2, 0) is 16.0 Å². The van der Waals surface area contributed by atoms with E-state index in [1.165, 1.54) is 0 Å². The lowest BCUT2D eigenvalue weighted by Gasteiger charge is -2.25. The first kappa shape index (κ1) is 21.3. The standard InChI is InChI=1S/C15H21NO2S.CH3NOS/c1-4-16(5-2)15(19)18-14(12(3)17)11-13-9-7-6-8-10-13;2-1(3)4/h6-10,14H,4-5,11H2,1-3H3;(H3,2,3,4). The molecule has 0 aliphatic rings. The van der Waals surface area contributed by atoms with Crippen molar-refractivity contribution in [3.63, 3.8) is 0 Å². The minimum absolute atomic E-state index is 0.00152. The monoisotopic (exact) mass is 356 g/mol. The first-order valence-corrected chi connectivity index (χ1v) is 8.11. The molecule has 0 fully saturated rings. The summed E-state index contributed by atoms with van der Waals surface area (Å²) in [5, 5.41) is 7.47. The lowest BCUT2D eigenvalue weighted by atomic mass is 10.1. The van der Waals surface area contributed by atoms with Gasteiger partial charge in [-0.2, -0.15) is 0 Å². The molecule has 0 heterocycles. The maximum atomic E-state index is 11.7. The van der Waals surface area contributed by atoms with Gasteiger partial charge >= 0.3 is 0 Å². The Morgan fingerprint density at radius 2 is 1.74 bits per heavy atom. The molecule has 0 saturated heterocycles. The Labute approximate surface area is 148 Å². The van der Waals surface area contributed by atoms with Crippen molar-refractivity contribution in [3.8, 4) is 0 Å². The van der Waals surface area contributed by atoms with Crippen LogP contribution in [-0.4, -0.2) is 45.3 Å². The molecule has 3 N–H and O–H groups in total. The Morgan fingerprint density at radius 3 is 2.13 bits per heavy atom. The number of thiocarbonyl (C=S) groups is 2. The number of Topliss-reactive ketones (excluding diaryl/α,β-unsaturated/α-hetero) is 1. The molecule has 0 saturated carbocycles. The highest BCUT2D eigenvalue weighted by Gasteiger charge is 2.20. The van der Waals surface area contributed by atoms with Crippen molar-refractivity contribution in [2.24, 2.45) is 5.73 Å². The van der Waals surface area contributed by atoms with Gasteiger partial charge in [-0.25, -0.2) is 0 Å². The second kappa shape index (κ2) is 11.8. The van der Waals surface area contributed by atoms with Crippen LogP contribution in [0.5, 0.6) is 0 Å². The minimum atomic E-state index is -0.504. The summed E-state index contributed by atoms with van der Waals surface area (Å²) in [5.41, 5.74) is 5.47. The van der Waals surface area contributed by atoms with Crippen LogP contribution in [0.2, 0.25) is 0 Å². The summed E-state index contributed by atoms with van der Waals surface area (Å²) in [6.45, 7) is 7.13. The Hall–Kier alpha value is -1.73. The molecule has 5 nitrogen and oxygen atoms in total. The number of carbonyl (C=O) groups excluding carboxylic acids is 1. The lowest BCUT2D eigenvalue weighted by Crippen LogP contribution is -2.36. The zero-order valence-electron chi connectivity index (χ0n) is 13.7. The third-order valence-electron chi connectivity index (χ3n) is 2.98. The summed E-state index contributed by atoms with van der Waals surface area (Å²) in [6, 6.07) is 9.83. The fourth-order valence-electron chi connectivity index (χ4n) is 1.77. The van der Waals surface area contributed by atoms with E-state index in [1.807, 2.05) is 49.1 Å². The van der Waals surface area contributed by atoms with Gasteiger partial charge in [-0.3, -0.25) is 4.79 Å². The lowest BCUT2D eigenvalue weighted by molar-refractivity contribution is -0.124. The maximum absolute atomic E-state index is 11.7. The zero-order valence-corrected chi connectivity index (χ0v) is 15.3. The molecule has 23 heavy (non-hydrogen) atoms. The van der Waals surface area contributed by atoms with Gasteiger partial charge in [-0.05, 0) is 50.8 Å². The van der Waals surface area contributed by atoms with Crippen LogP contribution < -0.4 is 5.73 Å². The normalized spacial score (nSPS) is 10.7. The molecular formula is C16H24N2O3S2. The third kappa shape index (κ3) is 9.80. The van der Waals surface area contributed by atoms with Crippen molar-refractivity contribution in [1.82, 2.24) is 4.90 Å². The van der Waals surface area contributed by atoms with E-state index in [1.54, 1.807) is 6.92 Å². The van der Waals surface area contributed by atoms with Gasteiger partial charge in [0, 0.05) is 19.5 Å². The Kier molecular flexibility index (Phi) is 10.9. The zero-order chi connectivity index (χ0) is 17.8. The van der Waals surface area contributed by atoms with Crippen molar-refractivity contribution in [2.45, 2.75) is 33.3 Å². The van der Waals surface area contributed by atoms with Gasteiger partial charge < -0.3 is 20.5 Å². The molecule has 1 aromatic rings. The number of carbonyl (C=O) groups is 1. The van der Waals surface area contributed by atoms with E-state index in [0.29, 0.717) is 11.6 Å². The second-order valence-electron chi connectivity index (χ2n) is 4.68. The Balaban J connectivity index is 0.00000108. The molecule has 0 aliphatic heterocycles. The Bertz CT molecular complexity index is 501. The van der Waals surface area contributed by atoms with Crippen LogP contribution in [0.1, 0.15) is 26.3 Å². The topological polar surface area (TPSA) is 75.8 Å². The summed E-state index contributed by atoms with van der Waals surface area (Å²) in [4.78, 5) is 13.6. The quantitative estimate of drug-likeness (QED) is 0.759. The fourth-order valence-corrected chi connectivity index (χ4v) is 2.15. The van der Waals surface area contributed by atoms with Crippen LogP contribution >= 0.6 is 24.4 Å². The molecular weight excluding hydrogens is 332 g/mol. The molecule has 1 rings (SSSR count). The SMILES string of the molecule is CCN(CC)C(=S)OC(Cc1ccccc1)C(C)=O.NC(O)=S.